The second-order valence-corrected chi connectivity index (χ2v) is 4.99. The Labute approximate surface area is 118 Å². The summed E-state index contributed by atoms with van der Waals surface area (Å²) in [5.41, 5.74) is 2.19. The van der Waals surface area contributed by atoms with Crippen molar-refractivity contribution in [1.29, 1.82) is 0 Å². The number of halogens is 1. The van der Waals surface area contributed by atoms with Gasteiger partial charge < -0.3 is 10.1 Å². The Morgan fingerprint density at radius 3 is 2.84 bits per heavy atom. The number of nitrogens with zero attached hydrogens (tertiary/aromatic N) is 2. The molecule has 0 fully saturated rings. The van der Waals surface area contributed by atoms with Gasteiger partial charge in [-0.25, -0.2) is 4.98 Å². The quantitative estimate of drug-likeness (QED) is 0.853. The first-order chi connectivity index (χ1) is 9.17. The maximum atomic E-state index is 9.16. The van der Waals surface area contributed by atoms with Gasteiger partial charge in [0.15, 0.2) is 0 Å². The highest BCUT2D eigenvalue weighted by Crippen LogP contribution is 2.14. The van der Waals surface area contributed by atoms with Crippen molar-refractivity contribution in [1.82, 2.24) is 14.9 Å². The van der Waals surface area contributed by atoms with Crippen LogP contribution in [0.25, 0.3) is 0 Å². The van der Waals surface area contributed by atoms with Crippen LogP contribution in [0.4, 0.5) is 0 Å². The number of aliphatic hydroxyl groups is 1. The zero-order chi connectivity index (χ0) is 13.7. The lowest BCUT2D eigenvalue weighted by Crippen LogP contribution is -2.26. The topological polar surface area (TPSA) is 52.1 Å². The third-order valence-electron chi connectivity index (χ3n) is 2.86. The molecule has 0 aliphatic rings. The van der Waals surface area contributed by atoms with Crippen molar-refractivity contribution in [2.24, 2.45) is 0 Å². The van der Waals surface area contributed by atoms with Crippen molar-refractivity contribution in [3.05, 3.63) is 52.6 Å². The molecule has 0 aliphatic heterocycles. The van der Waals surface area contributed by atoms with E-state index in [0.29, 0.717) is 6.54 Å². The van der Waals surface area contributed by atoms with Gasteiger partial charge in [-0.2, -0.15) is 0 Å². The van der Waals surface area contributed by atoms with Crippen LogP contribution in [0.2, 0.25) is 5.02 Å². The average molecular weight is 280 g/mol. The summed E-state index contributed by atoms with van der Waals surface area (Å²) in [6, 6.07) is 7.79. The predicted octanol–water partition coefficient (Wildman–Crippen LogP) is 2.37. The Balaban J connectivity index is 2.03. The molecule has 0 spiro atoms. The van der Waals surface area contributed by atoms with Crippen LogP contribution >= 0.6 is 11.6 Å². The number of aromatic amines is 1. The van der Waals surface area contributed by atoms with Gasteiger partial charge in [-0.05, 0) is 24.6 Å². The van der Waals surface area contributed by atoms with E-state index in [2.05, 4.69) is 14.9 Å². The Morgan fingerprint density at radius 1 is 1.37 bits per heavy atom. The third-order valence-corrected chi connectivity index (χ3v) is 3.10. The van der Waals surface area contributed by atoms with E-state index in [0.717, 1.165) is 35.2 Å². The number of aliphatic hydroxyl groups excluding tert-OH is 1. The molecular weight excluding hydrogens is 262 g/mol. The van der Waals surface area contributed by atoms with Crippen LogP contribution in [0.3, 0.4) is 0 Å². The minimum Gasteiger partial charge on any atom is -0.395 e. The predicted molar refractivity (Wildman–Crippen MR) is 76.0 cm³/mol. The molecule has 1 heterocycles. The van der Waals surface area contributed by atoms with Gasteiger partial charge in [-0.1, -0.05) is 23.7 Å². The molecule has 0 atom stereocenters. The van der Waals surface area contributed by atoms with Gasteiger partial charge in [-0.15, -0.1) is 0 Å². The summed E-state index contributed by atoms with van der Waals surface area (Å²) >= 11 is 5.98. The molecule has 2 rings (SSSR count). The third kappa shape index (κ3) is 4.35. The lowest BCUT2D eigenvalue weighted by Gasteiger charge is -2.20. The molecule has 102 valence electrons. The van der Waals surface area contributed by atoms with E-state index in [9.17, 15) is 0 Å². The van der Waals surface area contributed by atoms with Crippen LogP contribution in [0.1, 0.15) is 17.1 Å². The van der Waals surface area contributed by atoms with E-state index >= 15 is 0 Å². The fourth-order valence-corrected chi connectivity index (χ4v) is 2.25. The van der Waals surface area contributed by atoms with Crippen LogP contribution in [0.5, 0.6) is 0 Å². The smallest absolute Gasteiger partial charge is 0.103 e. The summed E-state index contributed by atoms with van der Waals surface area (Å²) in [4.78, 5) is 9.54. The largest absolute Gasteiger partial charge is 0.395 e. The van der Waals surface area contributed by atoms with Crippen molar-refractivity contribution >= 4 is 11.6 Å². The first-order valence-electron chi connectivity index (χ1n) is 6.25. The average Bonchev–Trinajstić information content (AvgIpc) is 2.75. The summed E-state index contributed by atoms with van der Waals surface area (Å²) in [5.74, 6) is 0.904. The molecule has 0 bridgehead atoms. The molecule has 0 amide bonds. The van der Waals surface area contributed by atoms with Crippen molar-refractivity contribution in [3.63, 3.8) is 0 Å². The lowest BCUT2D eigenvalue weighted by molar-refractivity contribution is 0.183. The molecular formula is C14H18ClN3O. The van der Waals surface area contributed by atoms with Gasteiger partial charge in [0.2, 0.25) is 0 Å². The van der Waals surface area contributed by atoms with Gasteiger partial charge >= 0.3 is 0 Å². The van der Waals surface area contributed by atoms with Crippen LogP contribution in [0, 0.1) is 6.92 Å². The number of rotatable bonds is 6. The summed E-state index contributed by atoms with van der Waals surface area (Å²) < 4.78 is 0. The van der Waals surface area contributed by atoms with Crippen LogP contribution in [0.15, 0.2) is 30.5 Å². The molecule has 4 nitrogen and oxygen atoms in total. The second-order valence-electron chi connectivity index (χ2n) is 4.56. The van der Waals surface area contributed by atoms with E-state index in [4.69, 9.17) is 16.7 Å². The molecule has 2 aromatic rings. The maximum Gasteiger partial charge on any atom is 0.103 e. The minimum atomic E-state index is 0.133. The first kappa shape index (κ1) is 14.1. The summed E-state index contributed by atoms with van der Waals surface area (Å²) in [6.07, 6.45) is 1.83. The van der Waals surface area contributed by atoms with E-state index in [1.807, 2.05) is 37.4 Å². The highest BCUT2D eigenvalue weighted by atomic mass is 35.5. The number of hydrogen-bond acceptors (Lipinski definition) is 3. The fourth-order valence-electron chi connectivity index (χ4n) is 2.04. The second kappa shape index (κ2) is 6.70. The van der Waals surface area contributed by atoms with Crippen LogP contribution < -0.4 is 0 Å². The molecule has 0 unspecified atom stereocenters. The van der Waals surface area contributed by atoms with Crippen molar-refractivity contribution < 1.29 is 5.11 Å². The molecule has 0 aliphatic carbocycles. The normalized spacial score (nSPS) is 11.2. The highest BCUT2D eigenvalue weighted by Gasteiger charge is 2.08. The van der Waals surface area contributed by atoms with Gasteiger partial charge in [-0.3, -0.25) is 4.90 Å². The standard InChI is InChI=1S/C14H18ClN3O/c1-11-16-8-14(17-11)10-18(5-6-19)9-12-3-2-4-13(15)7-12/h2-4,7-8,19H,5-6,9-10H2,1H3,(H,16,17). The number of aryl methyl sites for hydroxylation is 1. The number of imidazole rings is 1. The molecule has 0 saturated heterocycles. The van der Waals surface area contributed by atoms with Gasteiger partial charge in [0.25, 0.3) is 0 Å². The molecule has 0 saturated carbocycles. The minimum absolute atomic E-state index is 0.133. The van der Waals surface area contributed by atoms with Crippen LogP contribution in [-0.2, 0) is 13.1 Å². The van der Waals surface area contributed by atoms with Crippen molar-refractivity contribution in [2.75, 3.05) is 13.2 Å². The Bertz CT molecular complexity index is 527. The maximum absolute atomic E-state index is 9.16. The molecule has 1 aromatic carbocycles. The molecule has 5 heteroatoms. The lowest BCUT2D eigenvalue weighted by atomic mass is 10.2. The Morgan fingerprint density at radius 2 is 2.21 bits per heavy atom. The van der Waals surface area contributed by atoms with E-state index < -0.39 is 0 Å². The fraction of sp³-hybridized carbons (Fsp3) is 0.357. The summed E-state index contributed by atoms with van der Waals surface area (Å²) in [7, 11) is 0. The number of nitrogens with one attached hydrogen (secondary N) is 1. The molecule has 0 radical (unpaired) electrons. The molecule has 2 N–H and O–H groups in total. The highest BCUT2D eigenvalue weighted by molar-refractivity contribution is 6.30. The van der Waals surface area contributed by atoms with Gasteiger partial charge in [0.1, 0.15) is 5.82 Å². The van der Waals surface area contributed by atoms with Crippen molar-refractivity contribution in [2.45, 2.75) is 20.0 Å². The van der Waals surface area contributed by atoms with E-state index in [1.54, 1.807) is 0 Å². The first-order valence-corrected chi connectivity index (χ1v) is 6.63. The van der Waals surface area contributed by atoms with Crippen molar-refractivity contribution in [3.8, 4) is 0 Å². The Kier molecular flexibility index (Phi) is 4.96. The molecule has 1 aromatic heterocycles. The van der Waals surface area contributed by atoms with E-state index in [1.165, 1.54) is 0 Å². The summed E-state index contributed by atoms with van der Waals surface area (Å²) in [6.45, 7) is 4.15. The molecule has 19 heavy (non-hydrogen) atoms. The van der Waals surface area contributed by atoms with E-state index in [-0.39, 0.29) is 6.61 Å². The van der Waals surface area contributed by atoms with Crippen LogP contribution in [-0.4, -0.2) is 33.1 Å². The zero-order valence-electron chi connectivity index (χ0n) is 10.9. The zero-order valence-corrected chi connectivity index (χ0v) is 11.7. The number of aromatic nitrogens is 2. The number of benzene rings is 1. The van der Waals surface area contributed by atoms with Gasteiger partial charge in [0.05, 0.1) is 6.61 Å². The summed E-state index contributed by atoms with van der Waals surface area (Å²) in [5, 5.41) is 9.89. The monoisotopic (exact) mass is 279 g/mol. The number of hydrogen-bond donors (Lipinski definition) is 2. The Hall–Kier alpha value is -1.36. The number of H-pyrrole nitrogens is 1. The van der Waals surface area contributed by atoms with Gasteiger partial charge in [0, 0.05) is 36.5 Å². The SMILES string of the molecule is Cc1ncc(CN(CCO)Cc2cccc(Cl)c2)[nH]1.